The Morgan fingerprint density at radius 3 is 2.93 bits per heavy atom. The van der Waals surface area contributed by atoms with Crippen molar-refractivity contribution in [1.82, 2.24) is 10.4 Å². The molecule has 3 nitrogen and oxygen atoms in total. The molecule has 76 valence electrons. The van der Waals surface area contributed by atoms with Crippen molar-refractivity contribution in [3.8, 4) is 0 Å². The second-order valence-electron chi connectivity index (χ2n) is 2.99. The average molecular weight is 256 g/mol. The van der Waals surface area contributed by atoms with Crippen LogP contribution in [0.15, 0.2) is 35.5 Å². The van der Waals surface area contributed by atoms with Gasteiger partial charge in [-0.05, 0) is 40.9 Å². The molecule has 0 fully saturated rings. The monoisotopic (exact) mass is 255 g/mol. The van der Waals surface area contributed by atoms with E-state index in [1.54, 1.807) is 6.20 Å². The molecule has 1 heterocycles. The van der Waals surface area contributed by atoms with Crippen molar-refractivity contribution in [3.05, 3.63) is 41.2 Å². The van der Waals surface area contributed by atoms with Gasteiger partial charge in [-0.15, -0.1) is 6.58 Å². The Labute approximate surface area is 92.5 Å². The normalized spacial score (nSPS) is 12.4. The van der Waals surface area contributed by atoms with Gasteiger partial charge in [0.2, 0.25) is 0 Å². The summed E-state index contributed by atoms with van der Waals surface area (Å²) in [4.78, 5) is 4.28. The number of allylic oxidation sites excluding steroid dienone is 1. The summed E-state index contributed by atoms with van der Waals surface area (Å²) in [5.41, 5.74) is 3.70. The van der Waals surface area contributed by atoms with E-state index in [9.17, 15) is 0 Å². The molecule has 0 spiro atoms. The number of hydrogen-bond acceptors (Lipinski definition) is 3. The highest BCUT2D eigenvalue weighted by molar-refractivity contribution is 9.10. The van der Waals surface area contributed by atoms with Crippen molar-refractivity contribution in [3.63, 3.8) is 0 Å². The number of hydrazine groups is 1. The molecule has 14 heavy (non-hydrogen) atoms. The summed E-state index contributed by atoms with van der Waals surface area (Å²) < 4.78 is 0.973. The Balaban J connectivity index is 2.68. The standard InChI is InChI=1S/C10H14BrN3/c1-2-3-4-10(14-12)9-6-5-8(11)7-13-9/h2,5-7,10,14H,1,3-4,12H2. The molecule has 0 aliphatic heterocycles. The van der Waals surface area contributed by atoms with E-state index in [0.717, 1.165) is 23.0 Å². The van der Waals surface area contributed by atoms with Gasteiger partial charge in [0.1, 0.15) is 0 Å². The molecule has 1 unspecified atom stereocenters. The number of aromatic nitrogens is 1. The van der Waals surface area contributed by atoms with Crippen LogP contribution in [0.5, 0.6) is 0 Å². The van der Waals surface area contributed by atoms with E-state index in [4.69, 9.17) is 5.84 Å². The molecule has 0 aliphatic carbocycles. The number of rotatable bonds is 5. The third-order valence-corrected chi connectivity index (χ3v) is 2.44. The van der Waals surface area contributed by atoms with E-state index in [1.807, 2.05) is 18.2 Å². The SMILES string of the molecule is C=CCCC(NN)c1ccc(Br)cn1. The van der Waals surface area contributed by atoms with Crippen LogP contribution in [0.3, 0.4) is 0 Å². The van der Waals surface area contributed by atoms with Crippen molar-refractivity contribution < 1.29 is 0 Å². The molecule has 0 saturated carbocycles. The summed E-state index contributed by atoms with van der Waals surface area (Å²) in [6.45, 7) is 3.68. The highest BCUT2D eigenvalue weighted by Gasteiger charge is 2.09. The smallest absolute Gasteiger partial charge is 0.0635 e. The third kappa shape index (κ3) is 3.21. The van der Waals surface area contributed by atoms with E-state index in [2.05, 4.69) is 32.9 Å². The molecule has 1 atom stereocenters. The molecule has 0 aromatic carbocycles. The fraction of sp³-hybridized carbons (Fsp3) is 0.300. The van der Waals surface area contributed by atoms with Gasteiger partial charge < -0.3 is 0 Å². The lowest BCUT2D eigenvalue weighted by molar-refractivity contribution is 0.508. The lowest BCUT2D eigenvalue weighted by Crippen LogP contribution is -2.28. The van der Waals surface area contributed by atoms with Gasteiger partial charge >= 0.3 is 0 Å². The van der Waals surface area contributed by atoms with Crippen molar-refractivity contribution in [2.24, 2.45) is 5.84 Å². The van der Waals surface area contributed by atoms with Crippen LogP contribution < -0.4 is 11.3 Å². The zero-order valence-electron chi connectivity index (χ0n) is 7.91. The molecule has 3 N–H and O–H groups in total. The zero-order valence-corrected chi connectivity index (χ0v) is 9.50. The maximum absolute atomic E-state index is 5.45. The van der Waals surface area contributed by atoms with Gasteiger partial charge in [-0.2, -0.15) is 0 Å². The van der Waals surface area contributed by atoms with Gasteiger partial charge in [0.25, 0.3) is 0 Å². The Morgan fingerprint density at radius 1 is 1.64 bits per heavy atom. The Bertz CT molecular complexity index is 284. The average Bonchev–Trinajstić information content (AvgIpc) is 2.21. The largest absolute Gasteiger partial charge is 0.271 e. The minimum Gasteiger partial charge on any atom is -0.271 e. The van der Waals surface area contributed by atoms with Gasteiger partial charge in [-0.3, -0.25) is 16.3 Å². The Kier molecular flexibility index (Phi) is 4.79. The van der Waals surface area contributed by atoms with Crippen molar-refractivity contribution in [2.45, 2.75) is 18.9 Å². The van der Waals surface area contributed by atoms with Crippen molar-refractivity contribution >= 4 is 15.9 Å². The van der Waals surface area contributed by atoms with E-state index >= 15 is 0 Å². The summed E-state index contributed by atoms with van der Waals surface area (Å²) in [6.07, 6.45) is 5.48. The summed E-state index contributed by atoms with van der Waals surface area (Å²) in [7, 11) is 0. The molecule has 0 aliphatic rings. The van der Waals surface area contributed by atoms with Crippen LogP contribution in [0.2, 0.25) is 0 Å². The maximum atomic E-state index is 5.45. The highest BCUT2D eigenvalue weighted by Crippen LogP contribution is 2.17. The topological polar surface area (TPSA) is 50.9 Å². The number of nitrogens with zero attached hydrogens (tertiary/aromatic N) is 1. The first-order valence-corrected chi connectivity index (χ1v) is 5.25. The molecule has 0 saturated heterocycles. The molecule has 4 heteroatoms. The lowest BCUT2D eigenvalue weighted by Gasteiger charge is -2.13. The van der Waals surface area contributed by atoms with Crippen LogP contribution in [0, 0.1) is 0 Å². The van der Waals surface area contributed by atoms with Gasteiger partial charge in [-0.1, -0.05) is 6.08 Å². The fourth-order valence-electron chi connectivity index (χ4n) is 1.19. The van der Waals surface area contributed by atoms with Crippen LogP contribution in [0.25, 0.3) is 0 Å². The predicted octanol–water partition coefficient (Wildman–Crippen LogP) is 2.31. The Hall–Kier alpha value is -0.710. The first kappa shape index (κ1) is 11.4. The Morgan fingerprint density at radius 2 is 2.43 bits per heavy atom. The number of pyridine rings is 1. The lowest BCUT2D eigenvalue weighted by atomic mass is 10.1. The minimum atomic E-state index is 0.0982. The van der Waals surface area contributed by atoms with Crippen LogP contribution in [0.1, 0.15) is 24.6 Å². The molecule has 1 aromatic rings. The highest BCUT2D eigenvalue weighted by atomic mass is 79.9. The first-order valence-electron chi connectivity index (χ1n) is 4.46. The summed E-state index contributed by atoms with van der Waals surface area (Å²) in [5, 5.41) is 0. The molecular weight excluding hydrogens is 242 g/mol. The van der Waals surface area contributed by atoms with Gasteiger partial charge in [-0.25, -0.2) is 0 Å². The summed E-state index contributed by atoms with van der Waals surface area (Å²) in [5.74, 6) is 5.45. The quantitative estimate of drug-likeness (QED) is 0.483. The first-order chi connectivity index (χ1) is 6.77. The molecule has 0 radical (unpaired) electrons. The number of nitrogens with one attached hydrogen (secondary N) is 1. The van der Waals surface area contributed by atoms with E-state index in [-0.39, 0.29) is 6.04 Å². The third-order valence-electron chi connectivity index (χ3n) is 1.97. The second-order valence-corrected chi connectivity index (χ2v) is 3.90. The van der Waals surface area contributed by atoms with Crippen LogP contribution >= 0.6 is 15.9 Å². The van der Waals surface area contributed by atoms with Gasteiger partial charge in [0, 0.05) is 10.7 Å². The van der Waals surface area contributed by atoms with Crippen LogP contribution in [-0.2, 0) is 0 Å². The number of nitrogens with two attached hydrogens (primary N) is 1. The van der Waals surface area contributed by atoms with E-state index in [1.165, 1.54) is 0 Å². The van der Waals surface area contributed by atoms with E-state index < -0.39 is 0 Å². The fourth-order valence-corrected chi connectivity index (χ4v) is 1.43. The van der Waals surface area contributed by atoms with E-state index in [0.29, 0.717) is 0 Å². The predicted molar refractivity (Wildman–Crippen MR) is 61.4 cm³/mol. The number of hydrogen-bond donors (Lipinski definition) is 2. The maximum Gasteiger partial charge on any atom is 0.0635 e. The van der Waals surface area contributed by atoms with Gasteiger partial charge in [0.05, 0.1) is 11.7 Å². The molecule has 0 amide bonds. The minimum absolute atomic E-state index is 0.0982. The van der Waals surface area contributed by atoms with Crippen LogP contribution in [0.4, 0.5) is 0 Å². The second kappa shape index (κ2) is 5.90. The molecule has 1 aromatic heterocycles. The van der Waals surface area contributed by atoms with Crippen LogP contribution in [-0.4, -0.2) is 4.98 Å². The molecular formula is C10H14BrN3. The summed E-state index contributed by atoms with van der Waals surface area (Å²) in [6, 6.07) is 4.01. The zero-order chi connectivity index (χ0) is 10.4. The summed E-state index contributed by atoms with van der Waals surface area (Å²) >= 11 is 3.34. The number of halogens is 1. The van der Waals surface area contributed by atoms with Crippen molar-refractivity contribution in [1.29, 1.82) is 0 Å². The van der Waals surface area contributed by atoms with Crippen molar-refractivity contribution in [2.75, 3.05) is 0 Å². The molecule has 0 bridgehead atoms. The van der Waals surface area contributed by atoms with Gasteiger partial charge in [0.15, 0.2) is 0 Å². The molecule has 1 rings (SSSR count).